The Kier molecular flexibility index (Phi) is 38.1. The van der Waals surface area contributed by atoms with Crippen molar-refractivity contribution in [2.24, 2.45) is 0 Å². The van der Waals surface area contributed by atoms with Crippen molar-refractivity contribution in [1.82, 2.24) is 0 Å². The van der Waals surface area contributed by atoms with Crippen LogP contribution in [0.25, 0.3) is 0 Å². The van der Waals surface area contributed by atoms with Crippen LogP contribution >= 0.6 is 0 Å². The molecule has 0 spiro atoms. The lowest BCUT2D eigenvalue weighted by Crippen LogP contribution is -2.18. The van der Waals surface area contributed by atoms with Gasteiger partial charge in [-0.25, -0.2) is 0 Å². The molecule has 1 unspecified atom stereocenters. The number of unbranched alkanes of at least 4 members (excludes halogenated alkanes) is 23. The molecule has 0 aliphatic rings. The summed E-state index contributed by atoms with van der Waals surface area (Å²) in [4.78, 5) is 23.5. The molecule has 48 heavy (non-hydrogen) atoms. The number of aliphatic carboxylic acids is 1. The van der Waals surface area contributed by atoms with Gasteiger partial charge in [-0.3, -0.25) is 9.59 Å². The van der Waals surface area contributed by atoms with Gasteiger partial charge in [0.25, 0.3) is 0 Å². The Morgan fingerprint density at radius 1 is 0.479 bits per heavy atom. The number of carbonyl (C=O) groups excluding carboxylic acids is 1. The standard InChI is InChI=1S/C44H80O4/c1-3-5-7-9-11-13-15-17-19-21-23-25-27-29-31-33-35-41-44(47)48-42(39-36-37-40-43(45)46)38-34-32-30-28-26-24-22-20-18-16-14-12-10-8-6-4-2/h5,7,11,13,17,19,42H,3-4,6,8-10,12,14-16,18,20-41H2,1-2H3,(H,45,46)/b7-5-,13-11-,19-17-. The van der Waals surface area contributed by atoms with Gasteiger partial charge in [0.15, 0.2) is 0 Å². The van der Waals surface area contributed by atoms with E-state index in [9.17, 15) is 9.59 Å². The van der Waals surface area contributed by atoms with Gasteiger partial charge < -0.3 is 9.84 Å². The number of ether oxygens (including phenoxy) is 1. The summed E-state index contributed by atoms with van der Waals surface area (Å²) in [6.45, 7) is 4.45. The zero-order valence-corrected chi connectivity index (χ0v) is 32.0. The molecule has 0 radical (unpaired) electrons. The van der Waals surface area contributed by atoms with Crippen molar-refractivity contribution in [2.45, 2.75) is 232 Å². The van der Waals surface area contributed by atoms with Gasteiger partial charge in [0.2, 0.25) is 0 Å². The first-order valence-electron chi connectivity index (χ1n) is 21.0. The van der Waals surface area contributed by atoms with Crippen LogP contribution in [0.3, 0.4) is 0 Å². The van der Waals surface area contributed by atoms with Gasteiger partial charge in [0.05, 0.1) is 0 Å². The summed E-state index contributed by atoms with van der Waals surface area (Å²) in [5.41, 5.74) is 0. The highest BCUT2D eigenvalue weighted by molar-refractivity contribution is 5.69. The van der Waals surface area contributed by atoms with E-state index in [4.69, 9.17) is 9.84 Å². The molecule has 1 N–H and O–H groups in total. The molecule has 0 aromatic heterocycles. The molecule has 4 nitrogen and oxygen atoms in total. The second-order valence-electron chi connectivity index (χ2n) is 14.2. The molecule has 1 atom stereocenters. The second-order valence-corrected chi connectivity index (χ2v) is 14.2. The zero-order chi connectivity index (χ0) is 35.0. The maximum atomic E-state index is 12.6. The first kappa shape index (κ1) is 46.2. The lowest BCUT2D eigenvalue weighted by Gasteiger charge is -2.18. The Bertz CT molecular complexity index is 768. The monoisotopic (exact) mass is 673 g/mol. The first-order valence-corrected chi connectivity index (χ1v) is 21.0. The Labute approximate surface area is 299 Å². The van der Waals surface area contributed by atoms with E-state index in [1.165, 1.54) is 135 Å². The van der Waals surface area contributed by atoms with Gasteiger partial charge in [0.1, 0.15) is 6.10 Å². The van der Waals surface area contributed by atoms with Crippen LogP contribution in [0, 0.1) is 0 Å². The number of hydrogen-bond donors (Lipinski definition) is 1. The summed E-state index contributed by atoms with van der Waals surface area (Å²) in [5, 5.41) is 8.97. The molecule has 0 aliphatic carbocycles. The summed E-state index contributed by atoms with van der Waals surface area (Å²) in [6.07, 6.45) is 51.6. The number of esters is 1. The largest absolute Gasteiger partial charge is 0.481 e. The number of allylic oxidation sites excluding steroid dienone is 6. The number of carboxylic acids is 1. The molecule has 0 aromatic carbocycles. The summed E-state index contributed by atoms with van der Waals surface area (Å²) in [7, 11) is 0. The minimum Gasteiger partial charge on any atom is -0.481 e. The third kappa shape index (κ3) is 38.6. The van der Waals surface area contributed by atoms with E-state index in [-0.39, 0.29) is 18.5 Å². The van der Waals surface area contributed by atoms with Crippen LogP contribution in [0.1, 0.15) is 226 Å². The van der Waals surface area contributed by atoms with E-state index in [2.05, 4.69) is 50.3 Å². The fourth-order valence-corrected chi connectivity index (χ4v) is 6.32. The van der Waals surface area contributed by atoms with Crippen molar-refractivity contribution in [2.75, 3.05) is 0 Å². The van der Waals surface area contributed by atoms with E-state index in [0.717, 1.165) is 57.8 Å². The molecular weight excluding hydrogens is 592 g/mol. The van der Waals surface area contributed by atoms with Crippen LogP contribution in [0.4, 0.5) is 0 Å². The van der Waals surface area contributed by atoms with Crippen LogP contribution < -0.4 is 0 Å². The maximum absolute atomic E-state index is 12.6. The van der Waals surface area contributed by atoms with Crippen molar-refractivity contribution in [3.8, 4) is 0 Å². The van der Waals surface area contributed by atoms with Crippen molar-refractivity contribution in [3.05, 3.63) is 36.5 Å². The predicted octanol–water partition coefficient (Wildman–Crippen LogP) is 14.6. The summed E-state index contributed by atoms with van der Waals surface area (Å²) < 4.78 is 5.91. The van der Waals surface area contributed by atoms with Gasteiger partial charge in [-0.05, 0) is 70.6 Å². The van der Waals surface area contributed by atoms with E-state index in [0.29, 0.717) is 12.8 Å². The molecule has 0 rings (SSSR count). The highest BCUT2D eigenvalue weighted by atomic mass is 16.5. The highest BCUT2D eigenvalue weighted by Gasteiger charge is 2.14. The Hall–Kier alpha value is -1.84. The van der Waals surface area contributed by atoms with Crippen LogP contribution in [0.15, 0.2) is 36.5 Å². The van der Waals surface area contributed by atoms with E-state index < -0.39 is 5.97 Å². The summed E-state index contributed by atoms with van der Waals surface area (Å²) in [6, 6.07) is 0. The average molecular weight is 673 g/mol. The van der Waals surface area contributed by atoms with Gasteiger partial charge in [-0.15, -0.1) is 0 Å². The van der Waals surface area contributed by atoms with Crippen LogP contribution in [0.2, 0.25) is 0 Å². The van der Waals surface area contributed by atoms with Crippen molar-refractivity contribution in [1.29, 1.82) is 0 Å². The van der Waals surface area contributed by atoms with Crippen molar-refractivity contribution in [3.63, 3.8) is 0 Å². The lowest BCUT2D eigenvalue weighted by molar-refractivity contribution is -0.150. The van der Waals surface area contributed by atoms with Crippen molar-refractivity contribution >= 4 is 11.9 Å². The van der Waals surface area contributed by atoms with E-state index in [1.807, 2.05) is 0 Å². The Balaban J connectivity index is 3.87. The normalized spacial score (nSPS) is 12.5. The molecule has 0 aliphatic heterocycles. The number of rotatable bonds is 38. The average Bonchev–Trinajstić information content (AvgIpc) is 3.07. The molecule has 0 saturated heterocycles. The molecule has 0 heterocycles. The minimum atomic E-state index is -0.743. The topological polar surface area (TPSA) is 63.6 Å². The maximum Gasteiger partial charge on any atom is 0.306 e. The fraction of sp³-hybridized carbons (Fsp3) is 0.818. The van der Waals surface area contributed by atoms with E-state index in [1.54, 1.807) is 0 Å². The van der Waals surface area contributed by atoms with Crippen LogP contribution in [0.5, 0.6) is 0 Å². The summed E-state index contributed by atoms with van der Waals surface area (Å²) in [5.74, 6) is -0.804. The van der Waals surface area contributed by atoms with Gasteiger partial charge in [-0.1, -0.05) is 179 Å². The Morgan fingerprint density at radius 3 is 1.38 bits per heavy atom. The lowest BCUT2D eigenvalue weighted by atomic mass is 10.0. The predicted molar refractivity (Wildman–Crippen MR) is 209 cm³/mol. The third-order valence-electron chi connectivity index (χ3n) is 9.38. The number of carboxylic acid groups (broad SMARTS) is 1. The van der Waals surface area contributed by atoms with Gasteiger partial charge >= 0.3 is 11.9 Å². The molecule has 0 bridgehead atoms. The fourth-order valence-electron chi connectivity index (χ4n) is 6.32. The van der Waals surface area contributed by atoms with Gasteiger partial charge in [-0.2, -0.15) is 0 Å². The smallest absolute Gasteiger partial charge is 0.306 e. The van der Waals surface area contributed by atoms with Crippen LogP contribution in [-0.2, 0) is 14.3 Å². The number of hydrogen-bond acceptors (Lipinski definition) is 3. The zero-order valence-electron chi connectivity index (χ0n) is 32.0. The minimum absolute atomic E-state index is 0.0500. The quantitative estimate of drug-likeness (QED) is 0.0403. The molecule has 0 fully saturated rings. The van der Waals surface area contributed by atoms with E-state index >= 15 is 0 Å². The summed E-state index contributed by atoms with van der Waals surface area (Å²) >= 11 is 0. The number of carbonyl (C=O) groups is 2. The highest BCUT2D eigenvalue weighted by Crippen LogP contribution is 2.19. The molecule has 0 amide bonds. The van der Waals surface area contributed by atoms with Crippen LogP contribution in [-0.4, -0.2) is 23.1 Å². The second kappa shape index (κ2) is 39.6. The molecule has 0 aromatic rings. The Morgan fingerprint density at radius 2 is 0.875 bits per heavy atom. The molecular formula is C44H80O4. The SMILES string of the molecule is CC/C=C\C/C=C\C/C=C\CCCCCCCCCC(=O)OC(CCCCCCCCCCCCCCCCCC)CCCCC(=O)O. The third-order valence-corrected chi connectivity index (χ3v) is 9.38. The van der Waals surface area contributed by atoms with Crippen molar-refractivity contribution < 1.29 is 19.4 Å². The molecule has 0 saturated carbocycles. The van der Waals surface area contributed by atoms with Gasteiger partial charge in [0, 0.05) is 12.8 Å². The first-order chi connectivity index (χ1) is 23.6. The molecule has 4 heteroatoms. The molecule has 280 valence electrons.